The van der Waals surface area contributed by atoms with Crippen LogP contribution in [0.5, 0.6) is 0 Å². The molecule has 2 bridgehead atoms. The zero-order valence-electron chi connectivity index (χ0n) is 20.6. The normalized spacial score (nSPS) is 46.0. The van der Waals surface area contributed by atoms with Crippen LogP contribution in [0.1, 0.15) is 40.5 Å². The molecule has 0 radical (unpaired) electrons. The molecule has 5 fully saturated rings. The van der Waals surface area contributed by atoms with Crippen molar-refractivity contribution in [2.24, 2.45) is 28.6 Å². The average Bonchev–Trinajstić information content (AvgIpc) is 3.06. The van der Waals surface area contributed by atoms with E-state index in [4.69, 9.17) is 28.4 Å². The van der Waals surface area contributed by atoms with Gasteiger partial charge in [-0.1, -0.05) is 6.92 Å². The second-order valence-electron chi connectivity index (χ2n) is 10.7. The van der Waals surface area contributed by atoms with Gasteiger partial charge in [-0.15, -0.1) is 0 Å². The summed E-state index contributed by atoms with van der Waals surface area (Å²) in [6.07, 6.45) is -5.29. The quantitative estimate of drug-likeness (QED) is 0.367. The van der Waals surface area contributed by atoms with E-state index in [1.54, 1.807) is 6.92 Å². The second-order valence-corrected chi connectivity index (χ2v) is 10.7. The van der Waals surface area contributed by atoms with Crippen LogP contribution in [0.2, 0.25) is 0 Å². The fraction of sp³-hybridized carbons (Fsp3) is 0.750. The molecule has 3 aliphatic heterocycles. The summed E-state index contributed by atoms with van der Waals surface area (Å²) in [6, 6.07) is 0. The molecule has 2 saturated carbocycles. The van der Waals surface area contributed by atoms with Gasteiger partial charge in [-0.2, -0.15) is 0 Å². The molecule has 0 aromatic rings. The molecular formula is C24H28O12. The van der Waals surface area contributed by atoms with Gasteiger partial charge in [0.1, 0.15) is 18.0 Å². The Hall–Kier alpha value is -3.02. The Bertz CT molecular complexity index is 1080. The first-order valence-corrected chi connectivity index (χ1v) is 11.8. The fourth-order valence-electron chi connectivity index (χ4n) is 8.09. The van der Waals surface area contributed by atoms with E-state index in [1.807, 2.05) is 0 Å². The summed E-state index contributed by atoms with van der Waals surface area (Å²) in [4.78, 5) is 76.9. The summed E-state index contributed by atoms with van der Waals surface area (Å²) >= 11 is 0. The average molecular weight is 508 g/mol. The van der Waals surface area contributed by atoms with Crippen LogP contribution in [-0.4, -0.2) is 79.4 Å². The van der Waals surface area contributed by atoms with E-state index in [1.165, 1.54) is 6.92 Å². The van der Waals surface area contributed by atoms with Crippen molar-refractivity contribution in [2.45, 2.75) is 70.6 Å². The highest BCUT2D eigenvalue weighted by atomic mass is 16.6. The van der Waals surface area contributed by atoms with E-state index >= 15 is 0 Å². The first-order chi connectivity index (χ1) is 16.8. The molecule has 0 aromatic carbocycles. The largest absolute Gasteiger partial charge is 0.467 e. The highest BCUT2D eigenvalue weighted by Crippen LogP contribution is 2.73. The van der Waals surface area contributed by atoms with Gasteiger partial charge < -0.3 is 28.4 Å². The third-order valence-electron chi connectivity index (χ3n) is 8.95. The van der Waals surface area contributed by atoms with Crippen LogP contribution in [0.15, 0.2) is 0 Å². The molecule has 3 unspecified atom stereocenters. The minimum absolute atomic E-state index is 0.0796. The SMILES string of the molecule is COC(=O)[C@]12OC[C@]34C5C(OC(=O)C[C@@]5(C)[C@H](C(C)=O)C[C@H]3OC(=O)[C@H](OC(C)=O)[C@H]41)C2OC(C)=O. The zero-order valence-corrected chi connectivity index (χ0v) is 20.6. The molecular weight excluding hydrogens is 480 g/mol. The lowest BCUT2D eigenvalue weighted by Crippen LogP contribution is -2.81. The number of methoxy groups -OCH3 is 1. The van der Waals surface area contributed by atoms with Crippen LogP contribution < -0.4 is 0 Å². The molecule has 0 N–H and O–H groups in total. The highest BCUT2D eigenvalue weighted by Gasteiger charge is 2.87. The number of ether oxygens (including phenoxy) is 6. The first kappa shape index (κ1) is 24.7. The molecule has 10 atom stereocenters. The predicted octanol–water partition coefficient (Wildman–Crippen LogP) is -0.120. The van der Waals surface area contributed by atoms with Gasteiger partial charge in [0.05, 0.1) is 26.1 Å². The van der Waals surface area contributed by atoms with Crippen LogP contribution in [0.3, 0.4) is 0 Å². The van der Waals surface area contributed by atoms with Crippen molar-refractivity contribution in [3.05, 3.63) is 0 Å². The summed E-state index contributed by atoms with van der Waals surface area (Å²) in [7, 11) is 1.10. The van der Waals surface area contributed by atoms with Crippen LogP contribution in [0.25, 0.3) is 0 Å². The molecule has 3 heterocycles. The monoisotopic (exact) mass is 508 g/mol. The number of esters is 5. The van der Waals surface area contributed by atoms with E-state index < -0.39 is 88.4 Å². The van der Waals surface area contributed by atoms with Gasteiger partial charge in [-0.3, -0.25) is 19.2 Å². The number of hydrogen-bond acceptors (Lipinski definition) is 12. The lowest BCUT2D eigenvalue weighted by Gasteiger charge is -2.67. The Labute approximate surface area is 206 Å². The Morgan fingerprint density at radius 1 is 0.972 bits per heavy atom. The topological polar surface area (TPSA) is 158 Å². The highest BCUT2D eigenvalue weighted by molar-refractivity contribution is 5.89. The van der Waals surface area contributed by atoms with E-state index in [2.05, 4.69) is 0 Å². The summed E-state index contributed by atoms with van der Waals surface area (Å²) in [5.41, 5.74) is -4.36. The third-order valence-corrected chi connectivity index (χ3v) is 8.95. The van der Waals surface area contributed by atoms with Gasteiger partial charge in [0.15, 0.2) is 6.10 Å². The number of rotatable bonds is 4. The predicted molar refractivity (Wildman–Crippen MR) is 112 cm³/mol. The van der Waals surface area contributed by atoms with Crippen molar-refractivity contribution in [3.63, 3.8) is 0 Å². The molecule has 0 aromatic heterocycles. The number of carbonyl (C=O) groups excluding carboxylic acids is 6. The van der Waals surface area contributed by atoms with Crippen molar-refractivity contribution >= 4 is 35.6 Å². The first-order valence-electron chi connectivity index (χ1n) is 11.8. The van der Waals surface area contributed by atoms with Crippen molar-refractivity contribution < 1.29 is 57.2 Å². The molecule has 3 saturated heterocycles. The van der Waals surface area contributed by atoms with E-state index in [0.717, 1.165) is 21.0 Å². The maximum absolute atomic E-state index is 13.5. The van der Waals surface area contributed by atoms with Gasteiger partial charge in [0, 0.05) is 31.1 Å². The van der Waals surface area contributed by atoms with Crippen molar-refractivity contribution in [1.82, 2.24) is 0 Å². The molecule has 12 nitrogen and oxygen atoms in total. The van der Waals surface area contributed by atoms with Crippen molar-refractivity contribution in [3.8, 4) is 0 Å². The molecule has 0 amide bonds. The molecule has 12 heteroatoms. The molecule has 196 valence electrons. The summed E-state index contributed by atoms with van der Waals surface area (Å²) in [5, 5.41) is 0. The van der Waals surface area contributed by atoms with Gasteiger partial charge >= 0.3 is 29.8 Å². The standard InChI is InChI=1S/C24H28O12/c1-9(25)12-6-13-23-8-32-24(21(30)31-5,18(23)16(20(29)35-13)33-10(2)26)19(34-11(3)27)15-17(23)22(12,4)7-14(28)36-15/h12-13,15-19H,6-8H2,1-5H3/t12-,13+,15?,16+,17?,18+,19?,22-,23+,24-/m0/s1. The smallest absolute Gasteiger partial charge is 0.348 e. The Kier molecular flexibility index (Phi) is 5.30. The summed E-state index contributed by atoms with van der Waals surface area (Å²) in [6.45, 7) is 5.25. The molecule has 36 heavy (non-hydrogen) atoms. The minimum Gasteiger partial charge on any atom is -0.467 e. The van der Waals surface area contributed by atoms with E-state index in [9.17, 15) is 28.8 Å². The summed E-state index contributed by atoms with van der Waals surface area (Å²) in [5.74, 6) is -6.94. The van der Waals surface area contributed by atoms with Crippen molar-refractivity contribution in [1.29, 1.82) is 0 Å². The number of ketones is 1. The fourth-order valence-corrected chi connectivity index (χ4v) is 8.09. The second kappa shape index (κ2) is 7.74. The molecule has 5 aliphatic rings. The zero-order chi connectivity index (χ0) is 26.4. The van der Waals surface area contributed by atoms with Gasteiger partial charge in [-0.25, -0.2) is 9.59 Å². The maximum Gasteiger partial charge on any atom is 0.348 e. The summed E-state index contributed by atoms with van der Waals surface area (Å²) < 4.78 is 33.9. The molecule has 5 rings (SSSR count). The number of Topliss-reactive ketones (excluding diaryl/α,β-unsaturated/α-hetero) is 1. The van der Waals surface area contributed by atoms with E-state index in [0.29, 0.717) is 0 Å². The Morgan fingerprint density at radius 2 is 1.64 bits per heavy atom. The number of carbonyl (C=O) groups is 6. The van der Waals surface area contributed by atoms with Crippen molar-refractivity contribution in [2.75, 3.05) is 13.7 Å². The minimum atomic E-state index is -2.14. The van der Waals surface area contributed by atoms with Crippen LogP contribution >= 0.6 is 0 Å². The molecule has 1 spiro atoms. The lowest BCUT2D eigenvalue weighted by atomic mass is 9.38. The Balaban J connectivity index is 1.83. The Morgan fingerprint density at radius 3 is 2.22 bits per heavy atom. The van der Waals surface area contributed by atoms with Gasteiger partial charge in [0.25, 0.3) is 0 Å². The van der Waals surface area contributed by atoms with E-state index in [-0.39, 0.29) is 25.2 Å². The van der Waals surface area contributed by atoms with Gasteiger partial charge in [0.2, 0.25) is 11.7 Å². The van der Waals surface area contributed by atoms with Crippen LogP contribution in [0, 0.1) is 28.6 Å². The van der Waals surface area contributed by atoms with Crippen LogP contribution in [0.4, 0.5) is 0 Å². The number of hydrogen-bond donors (Lipinski definition) is 0. The molecule has 2 aliphatic carbocycles. The maximum atomic E-state index is 13.5. The van der Waals surface area contributed by atoms with Gasteiger partial charge in [-0.05, 0) is 18.8 Å². The van der Waals surface area contributed by atoms with Crippen LogP contribution in [-0.2, 0) is 57.2 Å². The third kappa shape index (κ3) is 2.84. The lowest BCUT2D eigenvalue weighted by molar-refractivity contribution is -0.305.